The quantitative estimate of drug-likeness (QED) is 0.422. The molecular formula is C18H15BrFN3S. The molecule has 6 heteroatoms. The number of hydrazone groups is 1. The number of nitrogens with one attached hydrogen (secondary N) is 1. The van der Waals surface area contributed by atoms with Crippen molar-refractivity contribution in [2.75, 3.05) is 5.43 Å². The Kier molecular flexibility index (Phi) is 5.37. The highest BCUT2D eigenvalue weighted by atomic mass is 79.9. The van der Waals surface area contributed by atoms with Gasteiger partial charge in [0.25, 0.3) is 0 Å². The van der Waals surface area contributed by atoms with Crippen molar-refractivity contribution >= 4 is 38.1 Å². The lowest BCUT2D eigenvalue weighted by atomic mass is 10.1. The monoisotopic (exact) mass is 403 g/mol. The Morgan fingerprint density at radius 2 is 2.04 bits per heavy atom. The van der Waals surface area contributed by atoms with Crippen LogP contribution in [0.2, 0.25) is 0 Å². The van der Waals surface area contributed by atoms with Crippen molar-refractivity contribution in [3.8, 4) is 11.3 Å². The molecule has 0 aliphatic heterocycles. The van der Waals surface area contributed by atoms with Crippen molar-refractivity contribution in [1.29, 1.82) is 0 Å². The van der Waals surface area contributed by atoms with Crippen molar-refractivity contribution < 1.29 is 4.39 Å². The maximum Gasteiger partial charge on any atom is 0.203 e. The highest BCUT2D eigenvalue weighted by Gasteiger charge is 2.06. The van der Waals surface area contributed by atoms with E-state index in [-0.39, 0.29) is 5.82 Å². The number of benzene rings is 2. The van der Waals surface area contributed by atoms with Crippen LogP contribution in [0.5, 0.6) is 0 Å². The third-order valence-electron chi connectivity index (χ3n) is 3.42. The molecule has 3 nitrogen and oxygen atoms in total. The van der Waals surface area contributed by atoms with Crippen LogP contribution < -0.4 is 5.43 Å². The van der Waals surface area contributed by atoms with Crippen LogP contribution in [0, 0.1) is 5.82 Å². The predicted octanol–water partition coefficient (Wildman–Crippen LogP) is 5.94. The number of hydrogen-bond donors (Lipinski definition) is 1. The maximum atomic E-state index is 13.0. The molecule has 0 bridgehead atoms. The number of halogens is 2. The van der Waals surface area contributed by atoms with E-state index in [2.05, 4.69) is 38.4 Å². The molecule has 0 spiro atoms. The van der Waals surface area contributed by atoms with E-state index in [1.807, 2.05) is 29.6 Å². The van der Waals surface area contributed by atoms with Gasteiger partial charge in [-0.25, -0.2) is 9.37 Å². The summed E-state index contributed by atoms with van der Waals surface area (Å²) in [5.41, 5.74) is 6.72. The molecule has 0 atom stereocenters. The summed E-state index contributed by atoms with van der Waals surface area (Å²) in [5, 5.41) is 7.11. The second-order valence-corrected chi connectivity index (χ2v) is 6.85. The molecule has 0 aliphatic carbocycles. The lowest BCUT2D eigenvalue weighted by Crippen LogP contribution is -2.03. The summed E-state index contributed by atoms with van der Waals surface area (Å²) in [6, 6.07) is 14.3. The second kappa shape index (κ2) is 7.68. The topological polar surface area (TPSA) is 37.3 Å². The Bertz CT molecular complexity index is 859. The molecule has 122 valence electrons. The first kappa shape index (κ1) is 16.8. The maximum absolute atomic E-state index is 13.0. The SMILES string of the molecule is CC/C(=N\Nc1nc(-c2ccc(F)cc2)cs1)c1cccc(Br)c1. The number of thiazole rings is 1. The Hall–Kier alpha value is -2.05. The van der Waals surface area contributed by atoms with E-state index >= 15 is 0 Å². The van der Waals surface area contributed by atoms with Gasteiger partial charge in [-0.05, 0) is 48.4 Å². The summed E-state index contributed by atoms with van der Waals surface area (Å²) in [7, 11) is 0. The van der Waals surface area contributed by atoms with Gasteiger partial charge >= 0.3 is 0 Å². The number of anilines is 1. The minimum Gasteiger partial charge on any atom is -0.252 e. The Balaban J connectivity index is 1.77. The van der Waals surface area contributed by atoms with Gasteiger partial charge in [0.15, 0.2) is 0 Å². The summed E-state index contributed by atoms with van der Waals surface area (Å²) in [6.45, 7) is 2.06. The molecule has 1 heterocycles. The fraction of sp³-hybridized carbons (Fsp3) is 0.111. The van der Waals surface area contributed by atoms with Crippen molar-refractivity contribution in [3.05, 3.63) is 69.8 Å². The number of rotatable bonds is 5. The summed E-state index contributed by atoms with van der Waals surface area (Å²) in [5.74, 6) is -0.251. The van der Waals surface area contributed by atoms with E-state index in [1.54, 1.807) is 12.1 Å². The zero-order valence-corrected chi connectivity index (χ0v) is 15.4. The van der Waals surface area contributed by atoms with E-state index in [9.17, 15) is 4.39 Å². The van der Waals surface area contributed by atoms with Crippen molar-refractivity contribution in [3.63, 3.8) is 0 Å². The molecule has 1 aromatic heterocycles. The van der Waals surface area contributed by atoms with Gasteiger partial charge in [0, 0.05) is 15.4 Å². The highest BCUT2D eigenvalue weighted by Crippen LogP contribution is 2.25. The van der Waals surface area contributed by atoms with Gasteiger partial charge in [0.1, 0.15) is 5.82 Å². The highest BCUT2D eigenvalue weighted by molar-refractivity contribution is 9.10. The zero-order chi connectivity index (χ0) is 16.9. The van der Waals surface area contributed by atoms with Crippen LogP contribution in [0.4, 0.5) is 9.52 Å². The molecule has 0 radical (unpaired) electrons. The molecule has 0 unspecified atom stereocenters. The predicted molar refractivity (Wildman–Crippen MR) is 102 cm³/mol. The minimum atomic E-state index is -0.251. The van der Waals surface area contributed by atoms with Crippen LogP contribution in [0.25, 0.3) is 11.3 Å². The molecule has 24 heavy (non-hydrogen) atoms. The van der Waals surface area contributed by atoms with E-state index in [1.165, 1.54) is 23.5 Å². The lowest BCUT2D eigenvalue weighted by Gasteiger charge is -2.04. The van der Waals surface area contributed by atoms with Crippen LogP contribution >= 0.6 is 27.3 Å². The van der Waals surface area contributed by atoms with Gasteiger partial charge in [-0.2, -0.15) is 5.10 Å². The lowest BCUT2D eigenvalue weighted by molar-refractivity contribution is 0.628. The van der Waals surface area contributed by atoms with Crippen LogP contribution in [-0.4, -0.2) is 10.7 Å². The van der Waals surface area contributed by atoms with Crippen molar-refractivity contribution in [2.45, 2.75) is 13.3 Å². The number of aromatic nitrogens is 1. The standard InChI is InChI=1S/C18H15BrFN3S/c1-2-16(13-4-3-5-14(19)10-13)22-23-18-21-17(11-24-18)12-6-8-15(20)9-7-12/h3-11H,2H2,1H3,(H,21,23)/b22-16+. The Morgan fingerprint density at radius 3 is 2.75 bits per heavy atom. The Labute approximate surface area is 152 Å². The fourth-order valence-electron chi connectivity index (χ4n) is 2.21. The second-order valence-electron chi connectivity index (χ2n) is 5.08. The summed E-state index contributed by atoms with van der Waals surface area (Å²) < 4.78 is 14.0. The van der Waals surface area contributed by atoms with E-state index in [0.29, 0.717) is 5.13 Å². The summed E-state index contributed by atoms with van der Waals surface area (Å²) in [6.07, 6.45) is 0.805. The van der Waals surface area contributed by atoms with Crippen molar-refractivity contribution in [2.24, 2.45) is 5.10 Å². The van der Waals surface area contributed by atoms with Gasteiger partial charge in [-0.3, -0.25) is 5.43 Å². The molecule has 0 aliphatic rings. The van der Waals surface area contributed by atoms with Gasteiger partial charge in [-0.15, -0.1) is 11.3 Å². The van der Waals surface area contributed by atoms with E-state index in [4.69, 9.17) is 0 Å². The first-order chi connectivity index (χ1) is 11.7. The average Bonchev–Trinajstić information content (AvgIpc) is 3.05. The van der Waals surface area contributed by atoms with Crippen LogP contribution in [0.15, 0.2) is 63.5 Å². The van der Waals surface area contributed by atoms with Gasteiger partial charge in [0.2, 0.25) is 5.13 Å². The summed E-state index contributed by atoms with van der Waals surface area (Å²) >= 11 is 4.94. The summed E-state index contributed by atoms with van der Waals surface area (Å²) in [4.78, 5) is 4.50. The normalized spacial score (nSPS) is 11.5. The number of nitrogens with zero attached hydrogens (tertiary/aromatic N) is 2. The molecule has 3 aromatic rings. The van der Waals surface area contributed by atoms with E-state index < -0.39 is 0 Å². The molecule has 0 saturated carbocycles. The van der Waals surface area contributed by atoms with Gasteiger partial charge in [0.05, 0.1) is 11.4 Å². The molecule has 1 N–H and O–H groups in total. The van der Waals surface area contributed by atoms with Crippen LogP contribution in [0.1, 0.15) is 18.9 Å². The van der Waals surface area contributed by atoms with Gasteiger partial charge in [-0.1, -0.05) is 35.0 Å². The van der Waals surface area contributed by atoms with Gasteiger partial charge < -0.3 is 0 Å². The van der Waals surface area contributed by atoms with Crippen molar-refractivity contribution in [1.82, 2.24) is 4.98 Å². The third-order valence-corrected chi connectivity index (χ3v) is 4.66. The first-order valence-electron chi connectivity index (χ1n) is 7.45. The third kappa shape index (κ3) is 4.07. The smallest absolute Gasteiger partial charge is 0.203 e. The molecule has 0 fully saturated rings. The Morgan fingerprint density at radius 1 is 1.25 bits per heavy atom. The van der Waals surface area contributed by atoms with Crippen LogP contribution in [0.3, 0.4) is 0 Å². The van der Waals surface area contributed by atoms with E-state index in [0.717, 1.165) is 33.4 Å². The molecule has 3 rings (SSSR count). The molecular weight excluding hydrogens is 389 g/mol. The van der Waals surface area contributed by atoms with Crippen LogP contribution in [-0.2, 0) is 0 Å². The molecule has 0 saturated heterocycles. The zero-order valence-electron chi connectivity index (χ0n) is 13.0. The number of hydrogen-bond acceptors (Lipinski definition) is 4. The fourth-order valence-corrected chi connectivity index (χ4v) is 3.27. The first-order valence-corrected chi connectivity index (χ1v) is 9.13. The largest absolute Gasteiger partial charge is 0.252 e. The molecule has 2 aromatic carbocycles. The minimum absolute atomic E-state index is 0.251. The average molecular weight is 404 g/mol. The molecule has 0 amide bonds.